The number of nitro benzene ring substituents is 1. The summed E-state index contributed by atoms with van der Waals surface area (Å²) in [6.45, 7) is 0. The Bertz CT molecular complexity index is 1100. The normalized spacial score (nSPS) is 11.0. The minimum atomic E-state index is -4.04. The Kier molecular flexibility index (Phi) is 5.00. The Morgan fingerprint density at radius 3 is 2.04 bits per heavy atom. The van der Waals surface area contributed by atoms with Crippen molar-refractivity contribution >= 4 is 27.2 Å². The average Bonchev–Trinajstić information content (AvgIpc) is 2.68. The Balaban J connectivity index is 2.03. The van der Waals surface area contributed by atoms with Gasteiger partial charge in [0.2, 0.25) is 0 Å². The van der Waals surface area contributed by atoms with Crippen molar-refractivity contribution in [1.29, 1.82) is 0 Å². The molecule has 7 nitrogen and oxygen atoms in total. The minimum absolute atomic E-state index is 0.0425. The van der Waals surface area contributed by atoms with E-state index in [2.05, 4.69) is 4.72 Å². The molecule has 0 saturated carbocycles. The molecule has 0 fully saturated rings. The fourth-order valence-electron chi connectivity index (χ4n) is 2.48. The van der Waals surface area contributed by atoms with Crippen LogP contribution in [0.15, 0.2) is 83.8 Å². The van der Waals surface area contributed by atoms with Gasteiger partial charge in [0, 0.05) is 17.2 Å². The molecule has 3 aromatic carbocycles. The third kappa shape index (κ3) is 4.01. The van der Waals surface area contributed by atoms with Crippen LogP contribution in [-0.4, -0.2) is 19.1 Å². The van der Waals surface area contributed by atoms with Gasteiger partial charge in [0.1, 0.15) is 5.69 Å². The molecule has 0 amide bonds. The van der Waals surface area contributed by atoms with E-state index in [9.17, 15) is 23.3 Å². The van der Waals surface area contributed by atoms with Gasteiger partial charge in [-0.2, -0.15) is 0 Å². The number of benzene rings is 3. The van der Waals surface area contributed by atoms with Gasteiger partial charge in [0.15, 0.2) is 5.78 Å². The first-order valence-electron chi connectivity index (χ1n) is 7.84. The number of nitrogens with one attached hydrogen (secondary N) is 1. The van der Waals surface area contributed by atoms with Crippen LogP contribution in [0, 0.1) is 10.1 Å². The summed E-state index contributed by atoms with van der Waals surface area (Å²) in [6, 6.07) is 19.4. The van der Waals surface area contributed by atoms with E-state index < -0.39 is 20.6 Å². The van der Waals surface area contributed by atoms with E-state index in [0.29, 0.717) is 5.56 Å². The summed E-state index contributed by atoms with van der Waals surface area (Å²) in [6.07, 6.45) is 0. The van der Waals surface area contributed by atoms with Crippen LogP contribution >= 0.6 is 0 Å². The van der Waals surface area contributed by atoms with E-state index in [1.165, 1.54) is 24.3 Å². The molecule has 1 N–H and O–H groups in total. The number of nitro groups is 1. The second-order valence-electron chi connectivity index (χ2n) is 5.60. The summed E-state index contributed by atoms with van der Waals surface area (Å²) in [5, 5.41) is 11.3. The van der Waals surface area contributed by atoms with E-state index in [4.69, 9.17) is 0 Å². The topological polar surface area (TPSA) is 106 Å². The van der Waals surface area contributed by atoms with Crippen molar-refractivity contribution in [2.45, 2.75) is 4.90 Å². The fourth-order valence-corrected chi connectivity index (χ4v) is 3.56. The summed E-state index contributed by atoms with van der Waals surface area (Å²) >= 11 is 0. The van der Waals surface area contributed by atoms with Crippen LogP contribution in [0.3, 0.4) is 0 Å². The van der Waals surface area contributed by atoms with Crippen molar-refractivity contribution in [1.82, 2.24) is 0 Å². The maximum absolute atomic E-state index is 12.6. The third-order valence-corrected chi connectivity index (χ3v) is 5.17. The number of rotatable bonds is 6. The van der Waals surface area contributed by atoms with E-state index in [1.54, 1.807) is 48.5 Å². The number of ketones is 1. The van der Waals surface area contributed by atoms with Gasteiger partial charge in [-0.15, -0.1) is 0 Å². The molecule has 0 bridgehead atoms. The van der Waals surface area contributed by atoms with Crippen molar-refractivity contribution in [2.75, 3.05) is 4.72 Å². The maximum atomic E-state index is 12.6. The third-order valence-electron chi connectivity index (χ3n) is 3.79. The van der Waals surface area contributed by atoms with Gasteiger partial charge in [-0.25, -0.2) is 8.42 Å². The summed E-state index contributed by atoms with van der Waals surface area (Å²) in [5.41, 5.74) is -0.189. The van der Waals surface area contributed by atoms with E-state index in [1.807, 2.05) is 0 Å². The molecule has 0 saturated heterocycles. The van der Waals surface area contributed by atoms with Crippen molar-refractivity contribution in [3.8, 4) is 0 Å². The number of anilines is 1. The van der Waals surface area contributed by atoms with Crippen molar-refractivity contribution in [2.24, 2.45) is 0 Å². The molecule has 3 rings (SSSR count). The molecular formula is C19H14N2O5S. The van der Waals surface area contributed by atoms with Crippen LogP contribution < -0.4 is 4.72 Å². The molecule has 0 aromatic heterocycles. The highest BCUT2D eigenvalue weighted by molar-refractivity contribution is 7.92. The molecule has 0 aliphatic carbocycles. The Morgan fingerprint density at radius 1 is 0.852 bits per heavy atom. The predicted octanol–water partition coefficient (Wildman–Crippen LogP) is 3.63. The zero-order chi connectivity index (χ0) is 19.4. The summed E-state index contributed by atoms with van der Waals surface area (Å²) < 4.78 is 27.2. The molecule has 0 unspecified atom stereocenters. The zero-order valence-corrected chi connectivity index (χ0v) is 14.7. The first-order valence-corrected chi connectivity index (χ1v) is 9.33. The van der Waals surface area contributed by atoms with Crippen LogP contribution in [0.5, 0.6) is 0 Å². The second-order valence-corrected chi connectivity index (χ2v) is 7.29. The molecule has 27 heavy (non-hydrogen) atoms. The lowest BCUT2D eigenvalue weighted by Gasteiger charge is -2.10. The van der Waals surface area contributed by atoms with E-state index in [-0.39, 0.29) is 21.9 Å². The van der Waals surface area contributed by atoms with Crippen molar-refractivity contribution in [3.05, 3.63) is 100 Å². The molecule has 0 atom stereocenters. The van der Waals surface area contributed by atoms with Gasteiger partial charge in [0.25, 0.3) is 15.7 Å². The molecule has 0 aliphatic rings. The summed E-state index contributed by atoms with van der Waals surface area (Å²) in [4.78, 5) is 23.1. The molecule has 0 spiro atoms. The average molecular weight is 382 g/mol. The highest BCUT2D eigenvalue weighted by atomic mass is 32.2. The van der Waals surface area contributed by atoms with Crippen LogP contribution in [0.4, 0.5) is 11.4 Å². The lowest BCUT2D eigenvalue weighted by Crippen LogP contribution is -2.14. The molecule has 3 aromatic rings. The number of sulfonamides is 1. The standard InChI is InChI=1S/C19H14N2O5S/c22-19(14-7-3-1-4-8-14)15-11-12-18(21(23)24)17(13-15)20-27(25,26)16-9-5-2-6-10-16/h1-13,20H. The molecule has 0 heterocycles. The van der Waals surface area contributed by atoms with Gasteiger partial charge >= 0.3 is 0 Å². The van der Waals surface area contributed by atoms with Gasteiger partial charge < -0.3 is 0 Å². The smallest absolute Gasteiger partial charge is 0.289 e. The van der Waals surface area contributed by atoms with E-state index in [0.717, 1.165) is 6.07 Å². The van der Waals surface area contributed by atoms with Crippen molar-refractivity contribution in [3.63, 3.8) is 0 Å². The highest BCUT2D eigenvalue weighted by Crippen LogP contribution is 2.29. The summed E-state index contributed by atoms with van der Waals surface area (Å²) in [7, 11) is -4.04. The van der Waals surface area contributed by atoms with Gasteiger partial charge in [-0.05, 0) is 24.3 Å². The van der Waals surface area contributed by atoms with Crippen LogP contribution in [0.25, 0.3) is 0 Å². The first-order chi connectivity index (χ1) is 12.9. The molecule has 0 aliphatic heterocycles. The van der Waals surface area contributed by atoms with Gasteiger partial charge in [-0.1, -0.05) is 48.5 Å². The number of carbonyl (C=O) groups is 1. The number of hydrogen-bond donors (Lipinski definition) is 1. The summed E-state index contributed by atoms with van der Waals surface area (Å²) in [5.74, 6) is -0.370. The van der Waals surface area contributed by atoms with Gasteiger partial charge in [0.05, 0.1) is 9.82 Å². The lowest BCUT2D eigenvalue weighted by molar-refractivity contribution is -0.383. The minimum Gasteiger partial charge on any atom is -0.289 e. The zero-order valence-electron chi connectivity index (χ0n) is 13.9. The first kappa shape index (κ1) is 18.3. The monoisotopic (exact) mass is 382 g/mol. The number of hydrogen-bond acceptors (Lipinski definition) is 5. The predicted molar refractivity (Wildman–Crippen MR) is 100 cm³/mol. The van der Waals surface area contributed by atoms with E-state index >= 15 is 0 Å². The highest BCUT2D eigenvalue weighted by Gasteiger charge is 2.22. The van der Waals surface area contributed by atoms with Gasteiger partial charge in [-0.3, -0.25) is 19.6 Å². The molecular weight excluding hydrogens is 368 g/mol. The fraction of sp³-hybridized carbons (Fsp3) is 0. The lowest BCUT2D eigenvalue weighted by atomic mass is 10.0. The largest absolute Gasteiger partial charge is 0.293 e. The van der Waals surface area contributed by atoms with Crippen molar-refractivity contribution < 1.29 is 18.1 Å². The number of nitrogens with zero attached hydrogens (tertiary/aromatic N) is 1. The maximum Gasteiger partial charge on any atom is 0.293 e. The van der Waals surface area contributed by atoms with Crippen LogP contribution in [-0.2, 0) is 10.0 Å². The van der Waals surface area contributed by atoms with Crippen LogP contribution in [0.1, 0.15) is 15.9 Å². The van der Waals surface area contributed by atoms with Crippen LogP contribution in [0.2, 0.25) is 0 Å². The Labute approximate surface area is 155 Å². The second kappa shape index (κ2) is 7.38. The molecule has 136 valence electrons. The SMILES string of the molecule is O=C(c1ccccc1)c1ccc([N+](=O)[O-])c(NS(=O)(=O)c2ccccc2)c1. The molecule has 0 radical (unpaired) electrons. The Morgan fingerprint density at radius 2 is 1.44 bits per heavy atom. The quantitative estimate of drug-likeness (QED) is 0.398. The molecule has 8 heteroatoms. The Hall–Kier alpha value is -3.52. The number of carbonyl (C=O) groups excluding carboxylic acids is 1.